The van der Waals surface area contributed by atoms with Crippen LogP contribution in [0.3, 0.4) is 0 Å². The van der Waals surface area contributed by atoms with E-state index in [-0.39, 0.29) is 5.91 Å². The zero-order valence-electron chi connectivity index (χ0n) is 12.8. The Labute approximate surface area is 134 Å². The van der Waals surface area contributed by atoms with Gasteiger partial charge in [-0.3, -0.25) is 4.79 Å². The molecule has 1 aromatic heterocycles. The third-order valence-electron chi connectivity index (χ3n) is 3.89. The molecule has 0 atom stereocenters. The first kappa shape index (κ1) is 14.8. The summed E-state index contributed by atoms with van der Waals surface area (Å²) in [6.07, 6.45) is 2.48. The molecule has 0 unspecified atom stereocenters. The maximum Gasteiger partial charge on any atom is 0.260 e. The fourth-order valence-electron chi connectivity index (χ4n) is 2.76. The van der Waals surface area contributed by atoms with Crippen LogP contribution in [0.2, 0.25) is 0 Å². The SMILES string of the molecule is CNc1snc(C)c1C(=O)Nc1cccc(N2CCCC2)c1. The van der Waals surface area contributed by atoms with Crippen molar-refractivity contribution in [2.75, 3.05) is 35.7 Å². The van der Waals surface area contributed by atoms with Gasteiger partial charge in [-0.25, -0.2) is 0 Å². The van der Waals surface area contributed by atoms with Crippen LogP contribution in [0.4, 0.5) is 16.4 Å². The molecule has 1 saturated heterocycles. The molecule has 2 heterocycles. The van der Waals surface area contributed by atoms with E-state index in [0.717, 1.165) is 29.5 Å². The zero-order chi connectivity index (χ0) is 15.5. The topological polar surface area (TPSA) is 57.3 Å². The van der Waals surface area contributed by atoms with E-state index < -0.39 is 0 Å². The lowest BCUT2D eigenvalue weighted by Crippen LogP contribution is -2.18. The van der Waals surface area contributed by atoms with Crippen molar-refractivity contribution < 1.29 is 4.79 Å². The van der Waals surface area contributed by atoms with Gasteiger partial charge in [0.1, 0.15) is 5.00 Å². The van der Waals surface area contributed by atoms with Gasteiger partial charge in [0.05, 0.1) is 11.3 Å². The van der Waals surface area contributed by atoms with Crippen LogP contribution in [-0.4, -0.2) is 30.4 Å². The number of hydrogen-bond donors (Lipinski definition) is 2. The van der Waals surface area contributed by atoms with Gasteiger partial charge in [0, 0.05) is 31.5 Å². The Bertz CT molecular complexity index is 677. The highest BCUT2D eigenvalue weighted by Crippen LogP contribution is 2.27. The average Bonchev–Trinajstić information content (AvgIpc) is 3.16. The Hall–Kier alpha value is -2.08. The van der Waals surface area contributed by atoms with Gasteiger partial charge >= 0.3 is 0 Å². The van der Waals surface area contributed by atoms with Crippen LogP contribution in [-0.2, 0) is 0 Å². The number of anilines is 3. The molecule has 0 saturated carbocycles. The predicted octanol–water partition coefficient (Wildman–Crippen LogP) is 3.35. The van der Waals surface area contributed by atoms with Crippen molar-refractivity contribution in [2.45, 2.75) is 19.8 Å². The first-order valence-electron chi connectivity index (χ1n) is 7.49. The summed E-state index contributed by atoms with van der Waals surface area (Å²) >= 11 is 1.31. The van der Waals surface area contributed by atoms with E-state index in [4.69, 9.17) is 0 Å². The van der Waals surface area contributed by atoms with Crippen LogP contribution in [0.15, 0.2) is 24.3 Å². The number of nitrogens with zero attached hydrogens (tertiary/aromatic N) is 2. The lowest BCUT2D eigenvalue weighted by molar-refractivity contribution is 0.102. The third kappa shape index (κ3) is 2.92. The van der Waals surface area contributed by atoms with Crippen molar-refractivity contribution in [3.05, 3.63) is 35.5 Å². The van der Waals surface area contributed by atoms with Crippen molar-refractivity contribution in [2.24, 2.45) is 0 Å². The molecule has 1 aliphatic rings. The lowest BCUT2D eigenvalue weighted by Gasteiger charge is -2.18. The molecule has 1 fully saturated rings. The molecule has 1 aromatic carbocycles. The molecule has 5 nitrogen and oxygen atoms in total. The molecule has 2 N–H and O–H groups in total. The minimum Gasteiger partial charge on any atom is -0.378 e. The van der Waals surface area contributed by atoms with Gasteiger partial charge in [-0.2, -0.15) is 4.37 Å². The highest BCUT2D eigenvalue weighted by molar-refractivity contribution is 7.10. The number of hydrogen-bond acceptors (Lipinski definition) is 5. The highest BCUT2D eigenvalue weighted by Gasteiger charge is 2.18. The Morgan fingerprint density at radius 1 is 1.32 bits per heavy atom. The first-order chi connectivity index (χ1) is 10.7. The number of rotatable bonds is 4. The van der Waals surface area contributed by atoms with Crippen molar-refractivity contribution in [1.29, 1.82) is 0 Å². The normalized spacial score (nSPS) is 14.2. The van der Waals surface area contributed by atoms with Crippen LogP contribution in [0.5, 0.6) is 0 Å². The van der Waals surface area contributed by atoms with Crippen molar-refractivity contribution >= 4 is 33.8 Å². The number of carbonyl (C=O) groups excluding carboxylic acids is 1. The molecule has 0 bridgehead atoms. The molecule has 0 aliphatic carbocycles. The molecule has 116 valence electrons. The summed E-state index contributed by atoms with van der Waals surface area (Å²) in [7, 11) is 1.80. The number of aryl methyl sites for hydroxylation is 1. The molecule has 6 heteroatoms. The second-order valence-corrected chi connectivity index (χ2v) is 6.19. The smallest absolute Gasteiger partial charge is 0.260 e. The van der Waals surface area contributed by atoms with E-state index in [2.05, 4.69) is 26.0 Å². The van der Waals surface area contributed by atoms with Gasteiger partial charge < -0.3 is 15.5 Å². The molecule has 1 aliphatic heterocycles. The molecule has 1 amide bonds. The monoisotopic (exact) mass is 316 g/mol. The number of nitrogens with one attached hydrogen (secondary N) is 2. The van der Waals surface area contributed by atoms with Gasteiger partial charge in [-0.1, -0.05) is 6.07 Å². The second-order valence-electron chi connectivity index (χ2n) is 5.42. The third-order valence-corrected chi connectivity index (χ3v) is 4.85. The van der Waals surface area contributed by atoms with Crippen molar-refractivity contribution in [1.82, 2.24) is 4.37 Å². The van der Waals surface area contributed by atoms with Gasteiger partial charge in [0.2, 0.25) is 0 Å². The van der Waals surface area contributed by atoms with E-state index in [1.807, 2.05) is 25.1 Å². The summed E-state index contributed by atoms with van der Waals surface area (Å²) < 4.78 is 4.24. The second kappa shape index (κ2) is 6.36. The van der Waals surface area contributed by atoms with E-state index in [9.17, 15) is 4.79 Å². The summed E-state index contributed by atoms with van der Waals surface area (Å²) in [5, 5.41) is 6.81. The van der Waals surface area contributed by atoms with E-state index in [1.165, 1.54) is 30.1 Å². The van der Waals surface area contributed by atoms with E-state index in [1.54, 1.807) is 7.05 Å². The van der Waals surface area contributed by atoms with Crippen molar-refractivity contribution in [3.63, 3.8) is 0 Å². The Morgan fingerprint density at radius 2 is 2.09 bits per heavy atom. The standard InChI is InChI=1S/C16H20N4OS/c1-11-14(16(17-2)22-19-11)15(21)18-12-6-5-7-13(10-12)20-8-3-4-9-20/h5-7,10,17H,3-4,8-9H2,1-2H3,(H,18,21). The van der Waals surface area contributed by atoms with Crippen LogP contribution in [0, 0.1) is 6.92 Å². The molecule has 2 aromatic rings. The maximum absolute atomic E-state index is 12.5. The van der Waals surface area contributed by atoms with Crippen LogP contribution >= 0.6 is 11.5 Å². The minimum absolute atomic E-state index is 0.117. The largest absolute Gasteiger partial charge is 0.378 e. The number of benzene rings is 1. The van der Waals surface area contributed by atoms with Gasteiger partial charge in [0.15, 0.2) is 0 Å². The number of carbonyl (C=O) groups is 1. The molecular formula is C16H20N4OS. The van der Waals surface area contributed by atoms with Gasteiger partial charge in [-0.15, -0.1) is 0 Å². The molecule has 0 spiro atoms. The summed E-state index contributed by atoms with van der Waals surface area (Å²) in [6, 6.07) is 8.04. The highest BCUT2D eigenvalue weighted by atomic mass is 32.1. The Balaban J connectivity index is 1.79. The number of amides is 1. The van der Waals surface area contributed by atoms with Crippen LogP contribution in [0.1, 0.15) is 28.9 Å². The van der Waals surface area contributed by atoms with Gasteiger partial charge in [0.25, 0.3) is 5.91 Å². The van der Waals surface area contributed by atoms with Crippen LogP contribution < -0.4 is 15.5 Å². The van der Waals surface area contributed by atoms with Crippen LogP contribution in [0.25, 0.3) is 0 Å². The molecule has 3 rings (SSSR count). The summed E-state index contributed by atoms with van der Waals surface area (Å²) in [6.45, 7) is 4.04. The zero-order valence-corrected chi connectivity index (χ0v) is 13.7. The number of aromatic nitrogens is 1. The molecular weight excluding hydrogens is 296 g/mol. The Morgan fingerprint density at radius 3 is 2.82 bits per heavy atom. The first-order valence-corrected chi connectivity index (χ1v) is 8.27. The quantitative estimate of drug-likeness (QED) is 0.908. The minimum atomic E-state index is -0.117. The van der Waals surface area contributed by atoms with E-state index >= 15 is 0 Å². The lowest BCUT2D eigenvalue weighted by atomic mass is 10.2. The average molecular weight is 316 g/mol. The molecule has 0 radical (unpaired) electrons. The predicted molar refractivity (Wildman–Crippen MR) is 92.2 cm³/mol. The summed E-state index contributed by atoms with van der Waals surface area (Å²) in [5.41, 5.74) is 3.37. The molecule has 22 heavy (non-hydrogen) atoms. The van der Waals surface area contributed by atoms with Crippen molar-refractivity contribution in [3.8, 4) is 0 Å². The van der Waals surface area contributed by atoms with E-state index in [0.29, 0.717) is 5.56 Å². The Kier molecular flexibility index (Phi) is 4.29. The fourth-order valence-corrected chi connectivity index (χ4v) is 3.50. The summed E-state index contributed by atoms with van der Waals surface area (Å²) in [5.74, 6) is -0.117. The summed E-state index contributed by atoms with van der Waals surface area (Å²) in [4.78, 5) is 14.9. The van der Waals surface area contributed by atoms with Gasteiger partial charge in [-0.05, 0) is 49.5 Å². The maximum atomic E-state index is 12.5. The fraction of sp³-hybridized carbons (Fsp3) is 0.375.